The van der Waals surface area contributed by atoms with Gasteiger partial charge in [-0.1, -0.05) is 28.1 Å². The lowest BCUT2D eigenvalue weighted by Gasteiger charge is -2.27. The Labute approximate surface area is 141 Å². The Morgan fingerprint density at radius 1 is 1.32 bits per heavy atom. The number of rotatable bonds is 3. The summed E-state index contributed by atoms with van der Waals surface area (Å²) in [5.41, 5.74) is 7.00. The van der Waals surface area contributed by atoms with E-state index in [0.29, 0.717) is 24.2 Å². The average molecular weight is 381 g/mol. The second kappa shape index (κ2) is 7.15. The van der Waals surface area contributed by atoms with Gasteiger partial charge in [-0.2, -0.15) is 16.9 Å². The smallest absolute Gasteiger partial charge is 0.191 e. The maximum atomic E-state index is 6.03. The van der Waals surface area contributed by atoms with Gasteiger partial charge in [-0.05, 0) is 12.1 Å². The fourth-order valence-electron chi connectivity index (χ4n) is 2.14. The highest BCUT2D eigenvalue weighted by molar-refractivity contribution is 9.10. The number of aliphatic imine (C=N–C) groups is 1. The zero-order chi connectivity index (χ0) is 15.4. The summed E-state index contributed by atoms with van der Waals surface area (Å²) >= 11 is 5.36. The van der Waals surface area contributed by atoms with Gasteiger partial charge < -0.3 is 10.6 Å². The van der Waals surface area contributed by atoms with Crippen LogP contribution < -0.4 is 5.73 Å². The molecule has 22 heavy (non-hydrogen) atoms. The van der Waals surface area contributed by atoms with Crippen molar-refractivity contribution in [3.63, 3.8) is 0 Å². The number of aromatic amines is 1. The van der Waals surface area contributed by atoms with Gasteiger partial charge in [0.1, 0.15) is 12.4 Å². The minimum Gasteiger partial charge on any atom is -0.370 e. The summed E-state index contributed by atoms with van der Waals surface area (Å²) in [5.74, 6) is 4.18. The summed E-state index contributed by atoms with van der Waals surface area (Å²) in [6.07, 6.45) is 0. The number of benzene rings is 1. The maximum absolute atomic E-state index is 6.03. The number of nitrogens with two attached hydrogens (primary N) is 1. The molecule has 0 bridgehead atoms. The molecular weight excluding hydrogens is 364 g/mol. The van der Waals surface area contributed by atoms with Crippen LogP contribution in [0, 0.1) is 0 Å². The molecule has 0 aliphatic carbocycles. The summed E-state index contributed by atoms with van der Waals surface area (Å²) in [4.78, 5) is 11.0. The zero-order valence-electron chi connectivity index (χ0n) is 12.0. The topological polar surface area (TPSA) is 83.2 Å². The van der Waals surface area contributed by atoms with Gasteiger partial charge in [0.2, 0.25) is 0 Å². The highest BCUT2D eigenvalue weighted by Gasteiger charge is 2.12. The van der Waals surface area contributed by atoms with Crippen LogP contribution in [0.25, 0.3) is 11.4 Å². The Hall–Kier alpha value is -1.54. The Balaban J connectivity index is 1.65. The summed E-state index contributed by atoms with van der Waals surface area (Å²) < 4.78 is 1.03. The normalized spacial score (nSPS) is 16.0. The van der Waals surface area contributed by atoms with Crippen LogP contribution >= 0.6 is 27.7 Å². The number of nitrogens with zero attached hydrogens (tertiary/aromatic N) is 4. The Morgan fingerprint density at radius 3 is 2.77 bits per heavy atom. The number of H-pyrrole nitrogens is 1. The first kappa shape index (κ1) is 15.4. The Kier molecular flexibility index (Phi) is 4.99. The monoisotopic (exact) mass is 380 g/mol. The van der Waals surface area contributed by atoms with Crippen molar-refractivity contribution in [1.82, 2.24) is 20.1 Å². The molecule has 0 saturated carbocycles. The van der Waals surface area contributed by atoms with Gasteiger partial charge in [-0.25, -0.2) is 9.98 Å². The third-order valence-electron chi connectivity index (χ3n) is 3.36. The van der Waals surface area contributed by atoms with E-state index in [1.807, 2.05) is 36.0 Å². The van der Waals surface area contributed by atoms with Crippen LogP contribution in [0.2, 0.25) is 0 Å². The van der Waals surface area contributed by atoms with E-state index < -0.39 is 0 Å². The number of guanidine groups is 1. The van der Waals surface area contributed by atoms with E-state index >= 15 is 0 Å². The molecule has 8 heteroatoms. The molecule has 1 fully saturated rings. The molecule has 1 saturated heterocycles. The van der Waals surface area contributed by atoms with Crippen molar-refractivity contribution < 1.29 is 0 Å². The van der Waals surface area contributed by atoms with Gasteiger partial charge in [-0.15, -0.1) is 0 Å². The standard InChI is InChI=1S/C14H17BrN6S/c15-11-3-1-10(2-4-11)13-18-12(19-20-13)9-17-14(16)21-5-7-22-8-6-21/h1-4H,5-9H2,(H2,16,17)(H,18,19,20). The van der Waals surface area contributed by atoms with Crippen molar-refractivity contribution in [2.24, 2.45) is 10.7 Å². The number of thioether (sulfide) groups is 1. The van der Waals surface area contributed by atoms with Crippen LogP contribution in [0.1, 0.15) is 5.82 Å². The van der Waals surface area contributed by atoms with Crippen molar-refractivity contribution in [1.29, 1.82) is 0 Å². The number of nitrogens with one attached hydrogen (secondary N) is 1. The number of aromatic nitrogens is 3. The number of halogens is 1. The zero-order valence-corrected chi connectivity index (χ0v) is 14.4. The molecule has 1 aromatic heterocycles. The van der Waals surface area contributed by atoms with E-state index in [1.54, 1.807) is 0 Å². The third kappa shape index (κ3) is 3.80. The lowest BCUT2D eigenvalue weighted by Crippen LogP contribution is -2.42. The van der Waals surface area contributed by atoms with Gasteiger partial charge in [-0.3, -0.25) is 5.10 Å². The summed E-state index contributed by atoms with van der Waals surface area (Å²) in [6.45, 7) is 2.33. The summed E-state index contributed by atoms with van der Waals surface area (Å²) in [7, 11) is 0. The van der Waals surface area contributed by atoms with Crippen molar-refractivity contribution in [3.05, 3.63) is 34.6 Å². The number of hydrogen-bond acceptors (Lipinski definition) is 4. The SMILES string of the molecule is NC(=NCc1nc(-c2ccc(Br)cc2)n[nH]1)N1CCSCC1. The van der Waals surface area contributed by atoms with E-state index in [0.717, 1.165) is 34.6 Å². The maximum Gasteiger partial charge on any atom is 0.191 e. The minimum absolute atomic E-state index is 0.416. The summed E-state index contributed by atoms with van der Waals surface area (Å²) in [6, 6.07) is 7.88. The molecule has 2 heterocycles. The van der Waals surface area contributed by atoms with E-state index in [9.17, 15) is 0 Å². The molecule has 3 rings (SSSR count). The fraction of sp³-hybridized carbons (Fsp3) is 0.357. The minimum atomic E-state index is 0.416. The molecular formula is C14H17BrN6S. The van der Waals surface area contributed by atoms with Gasteiger partial charge in [0.15, 0.2) is 11.8 Å². The molecule has 2 aromatic rings. The van der Waals surface area contributed by atoms with Gasteiger partial charge in [0.05, 0.1) is 0 Å². The van der Waals surface area contributed by atoms with E-state index in [4.69, 9.17) is 5.73 Å². The Bertz CT molecular complexity index is 648. The first-order valence-corrected chi connectivity index (χ1v) is 8.97. The average Bonchev–Trinajstić information content (AvgIpc) is 3.03. The van der Waals surface area contributed by atoms with E-state index in [-0.39, 0.29) is 0 Å². The first-order valence-electron chi connectivity index (χ1n) is 7.02. The lowest BCUT2D eigenvalue weighted by molar-refractivity contribution is 0.455. The van der Waals surface area contributed by atoms with Gasteiger partial charge >= 0.3 is 0 Å². The van der Waals surface area contributed by atoms with Crippen LogP contribution in [-0.4, -0.2) is 50.6 Å². The molecule has 0 radical (unpaired) electrons. The van der Waals surface area contributed by atoms with Crippen molar-refractivity contribution >= 4 is 33.7 Å². The van der Waals surface area contributed by atoms with Crippen LogP contribution in [0.15, 0.2) is 33.7 Å². The highest BCUT2D eigenvalue weighted by Crippen LogP contribution is 2.18. The van der Waals surface area contributed by atoms with Crippen LogP contribution in [-0.2, 0) is 6.54 Å². The second-order valence-corrected chi connectivity index (χ2v) is 7.03. The highest BCUT2D eigenvalue weighted by atomic mass is 79.9. The van der Waals surface area contributed by atoms with Gasteiger partial charge in [0, 0.05) is 34.6 Å². The fourth-order valence-corrected chi connectivity index (χ4v) is 3.31. The van der Waals surface area contributed by atoms with Gasteiger partial charge in [0.25, 0.3) is 0 Å². The first-order chi connectivity index (χ1) is 10.7. The molecule has 1 aliphatic rings. The predicted molar refractivity (Wildman–Crippen MR) is 93.7 cm³/mol. The largest absolute Gasteiger partial charge is 0.370 e. The quantitative estimate of drug-likeness (QED) is 0.629. The molecule has 0 atom stereocenters. The Morgan fingerprint density at radius 2 is 2.05 bits per heavy atom. The van der Waals surface area contributed by atoms with Crippen molar-refractivity contribution in [3.8, 4) is 11.4 Å². The van der Waals surface area contributed by atoms with Crippen LogP contribution in [0.5, 0.6) is 0 Å². The molecule has 1 aliphatic heterocycles. The molecule has 0 amide bonds. The van der Waals surface area contributed by atoms with E-state index in [1.165, 1.54) is 0 Å². The van der Waals surface area contributed by atoms with Crippen LogP contribution in [0.4, 0.5) is 0 Å². The second-order valence-electron chi connectivity index (χ2n) is 4.89. The van der Waals surface area contributed by atoms with Crippen molar-refractivity contribution in [2.45, 2.75) is 6.54 Å². The molecule has 0 unspecified atom stereocenters. The molecule has 3 N–H and O–H groups in total. The third-order valence-corrected chi connectivity index (χ3v) is 4.83. The lowest BCUT2D eigenvalue weighted by atomic mass is 10.2. The van der Waals surface area contributed by atoms with Crippen molar-refractivity contribution in [2.75, 3.05) is 24.6 Å². The van der Waals surface area contributed by atoms with E-state index in [2.05, 4.69) is 41.0 Å². The molecule has 6 nitrogen and oxygen atoms in total. The summed E-state index contributed by atoms with van der Waals surface area (Å²) in [5, 5.41) is 7.15. The molecule has 1 aromatic carbocycles. The van der Waals surface area contributed by atoms with Crippen LogP contribution in [0.3, 0.4) is 0 Å². The number of hydrogen-bond donors (Lipinski definition) is 2. The molecule has 0 spiro atoms. The molecule has 116 valence electrons. The predicted octanol–water partition coefficient (Wildman–Crippen LogP) is 2.10.